The number of thioether (sulfide) groups is 2. The second-order valence-electron chi connectivity index (χ2n) is 3.71. The van der Waals surface area contributed by atoms with E-state index in [1.165, 1.54) is 22.1 Å². The van der Waals surface area contributed by atoms with E-state index in [0.29, 0.717) is 6.04 Å². The van der Waals surface area contributed by atoms with Crippen LogP contribution >= 0.6 is 34.9 Å². The monoisotopic (exact) mass is 259 g/mol. The average Bonchev–Trinajstić information content (AvgIpc) is 2.81. The lowest BCUT2D eigenvalue weighted by Gasteiger charge is -2.23. The van der Waals surface area contributed by atoms with Crippen molar-refractivity contribution in [2.75, 3.05) is 23.8 Å². The van der Waals surface area contributed by atoms with Gasteiger partial charge in [0.25, 0.3) is 0 Å². The third kappa shape index (κ3) is 3.70. The van der Waals surface area contributed by atoms with Gasteiger partial charge in [-0.2, -0.15) is 23.5 Å². The van der Waals surface area contributed by atoms with Crippen molar-refractivity contribution in [1.82, 2.24) is 5.32 Å². The van der Waals surface area contributed by atoms with Gasteiger partial charge in [0.2, 0.25) is 0 Å². The Labute approximate surface area is 104 Å². The molecule has 4 heteroatoms. The van der Waals surface area contributed by atoms with Crippen LogP contribution in [0.1, 0.15) is 17.8 Å². The Bertz CT molecular complexity index is 267. The van der Waals surface area contributed by atoms with E-state index >= 15 is 0 Å². The van der Waals surface area contributed by atoms with E-state index < -0.39 is 0 Å². The van der Waals surface area contributed by atoms with Gasteiger partial charge in [0.1, 0.15) is 0 Å². The van der Waals surface area contributed by atoms with Gasteiger partial charge in [-0.1, -0.05) is 6.07 Å². The molecule has 0 spiro atoms. The third-order valence-corrected chi connectivity index (χ3v) is 6.41. The number of thiophene rings is 1. The summed E-state index contributed by atoms with van der Waals surface area (Å²) in [5, 5.41) is 6.59. The van der Waals surface area contributed by atoms with E-state index in [-0.39, 0.29) is 0 Å². The lowest BCUT2D eigenvalue weighted by Crippen LogP contribution is -2.30. The lowest BCUT2D eigenvalue weighted by atomic mass is 10.2. The molecule has 0 amide bonds. The van der Waals surface area contributed by atoms with Crippen LogP contribution in [-0.2, 0) is 0 Å². The molecule has 1 saturated heterocycles. The van der Waals surface area contributed by atoms with Crippen molar-refractivity contribution in [1.29, 1.82) is 0 Å². The first-order chi connectivity index (χ1) is 7.36. The Morgan fingerprint density at radius 3 is 3.13 bits per heavy atom. The molecule has 1 aromatic heterocycles. The Balaban J connectivity index is 1.73. The largest absolute Gasteiger partial charge is 0.308 e. The minimum absolute atomic E-state index is 0.512. The van der Waals surface area contributed by atoms with E-state index in [1.54, 1.807) is 0 Å². The summed E-state index contributed by atoms with van der Waals surface area (Å²) in [6.07, 6.45) is 0. The highest BCUT2D eigenvalue weighted by Crippen LogP contribution is 2.24. The summed E-state index contributed by atoms with van der Waals surface area (Å²) >= 11 is 6.06. The van der Waals surface area contributed by atoms with Crippen LogP contribution in [0.25, 0.3) is 0 Å². The van der Waals surface area contributed by atoms with Crippen molar-refractivity contribution < 1.29 is 0 Å². The Morgan fingerprint density at radius 1 is 1.53 bits per heavy atom. The van der Waals surface area contributed by atoms with Crippen molar-refractivity contribution in [2.45, 2.75) is 18.2 Å². The van der Waals surface area contributed by atoms with E-state index in [0.717, 1.165) is 11.8 Å². The van der Waals surface area contributed by atoms with Crippen molar-refractivity contribution in [3.63, 3.8) is 0 Å². The van der Waals surface area contributed by atoms with Gasteiger partial charge >= 0.3 is 0 Å². The lowest BCUT2D eigenvalue weighted by molar-refractivity contribution is 0.585. The molecular weight excluding hydrogens is 242 g/mol. The average molecular weight is 259 g/mol. The topological polar surface area (TPSA) is 12.0 Å². The smallest absolute Gasteiger partial charge is 0.0386 e. The van der Waals surface area contributed by atoms with Crippen LogP contribution in [0.2, 0.25) is 0 Å². The summed E-state index contributed by atoms with van der Waals surface area (Å²) in [6, 6.07) is 4.85. The second-order valence-corrected chi connectivity index (χ2v) is 7.25. The van der Waals surface area contributed by atoms with Crippen LogP contribution in [0.15, 0.2) is 17.5 Å². The highest BCUT2D eigenvalue weighted by atomic mass is 32.2. The number of rotatable bonds is 4. The van der Waals surface area contributed by atoms with Gasteiger partial charge in [-0.15, -0.1) is 11.3 Å². The highest BCUT2D eigenvalue weighted by molar-refractivity contribution is 8.06. The zero-order valence-electron chi connectivity index (χ0n) is 8.94. The predicted octanol–water partition coefficient (Wildman–Crippen LogP) is 3.25. The zero-order valence-corrected chi connectivity index (χ0v) is 11.4. The summed E-state index contributed by atoms with van der Waals surface area (Å²) in [5.41, 5.74) is 0. The number of hydrogen-bond acceptors (Lipinski definition) is 4. The van der Waals surface area contributed by atoms with E-state index in [2.05, 4.69) is 53.3 Å². The normalized spacial score (nSPS) is 23.9. The zero-order chi connectivity index (χ0) is 10.5. The Hall–Kier alpha value is 0.360. The van der Waals surface area contributed by atoms with Gasteiger partial charge < -0.3 is 5.32 Å². The van der Waals surface area contributed by atoms with Gasteiger partial charge in [0, 0.05) is 40.0 Å². The number of hydrogen-bond donors (Lipinski definition) is 1. The molecule has 0 bridgehead atoms. The summed E-state index contributed by atoms with van der Waals surface area (Å²) in [6.45, 7) is 3.41. The molecule has 0 aromatic carbocycles. The summed E-state index contributed by atoms with van der Waals surface area (Å²) < 4.78 is 0. The maximum Gasteiger partial charge on any atom is 0.0386 e. The molecule has 84 valence electrons. The van der Waals surface area contributed by atoms with E-state index in [1.807, 2.05) is 11.3 Å². The minimum Gasteiger partial charge on any atom is -0.308 e. The summed E-state index contributed by atoms with van der Waals surface area (Å²) in [4.78, 5) is 1.45. The van der Waals surface area contributed by atoms with Crippen LogP contribution in [0, 0.1) is 0 Å². The van der Waals surface area contributed by atoms with E-state index in [4.69, 9.17) is 0 Å². The Kier molecular flexibility index (Phi) is 4.88. The molecule has 15 heavy (non-hydrogen) atoms. The van der Waals surface area contributed by atoms with Crippen molar-refractivity contribution in [3.8, 4) is 0 Å². The Morgan fingerprint density at radius 2 is 2.47 bits per heavy atom. The molecule has 0 aliphatic carbocycles. The first-order valence-corrected chi connectivity index (χ1v) is 8.40. The van der Waals surface area contributed by atoms with Gasteiger partial charge in [0.05, 0.1) is 0 Å². The predicted molar refractivity (Wildman–Crippen MR) is 74.3 cm³/mol. The summed E-state index contributed by atoms with van der Waals surface area (Å²) in [5.74, 6) is 3.97. The maximum atomic E-state index is 3.63. The van der Waals surface area contributed by atoms with Crippen LogP contribution in [0.5, 0.6) is 0 Å². The van der Waals surface area contributed by atoms with Gasteiger partial charge in [-0.3, -0.25) is 0 Å². The van der Waals surface area contributed by atoms with Crippen molar-refractivity contribution >= 4 is 34.9 Å². The molecule has 1 nitrogen and oxygen atoms in total. The molecule has 2 rings (SSSR count). The fourth-order valence-electron chi connectivity index (χ4n) is 1.60. The first-order valence-electron chi connectivity index (χ1n) is 5.32. The molecular formula is C11H17NS3. The van der Waals surface area contributed by atoms with Crippen molar-refractivity contribution in [3.05, 3.63) is 22.4 Å². The second kappa shape index (κ2) is 6.18. The van der Waals surface area contributed by atoms with Gasteiger partial charge in [0.15, 0.2) is 0 Å². The van der Waals surface area contributed by atoms with Gasteiger partial charge in [-0.05, 0) is 18.4 Å². The molecule has 2 heterocycles. The fraction of sp³-hybridized carbons (Fsp3) is 0.636. The SMILES string of the molecule is CC(NCC1CSCCS1)c1cccs1. The first kappa shape index (κ1) is 11.8. The van der Waals surface area contributed by atoms with Crippen LogP contribution in [0.4, 0.5) is 0 Å². The standard InChI is InChI=1S/C11H17NS3/c1-9(11-3-2-4-15-11)12-7-10-8-13-5-6-14-10/h2-4,9-10,12H,5-8H2,1H3. The quantitative estimate of drug-likeness (QED) is 0.891. The molecule has 1 fully saturated rings. The van der Waals surface area contributed by atoms with Crippen LogP contribution in [0.3, 0.4) is 0 Å². The van der Waals surface area contributed by atoms with Crippen molar-refractivity contribution in [2.24, 2.45) is 0 Å². The molecule has 0 radical (unpaired) electrons. The van der Waals surface area contributed by atoms with Crippen LogP contribution in [-0.4, -0.2) is 29.1 Å². The minimum atomic E-state index is 0.512. The van der Waals surface area contributed by atoms with Gasteiger partial charge in [-0.25, -0.2) is 0 Å². The molecule has 0 saturated carbocycles. The fourth-order valence-corrected chi connectivity index (χ4v) is 4.98. The highest BCUT2D eigenvalue weighted by Gasteiger charge is 2.15. The molecule has 1 aromatic rings. The summed E-state index contributed by atoms with van der Waals surface area (Å²) in [7, 11) is 0. The number of nitrogens with one attached hydrogen (secondary N) is 1. The molecule has 1 N–H and O–H groups in total. The van der Waals surface area contributed by atoms with Crippen LogP contribution < -0.4 is 5.32 Å². The third-order valence-electron chi connectivity index (χ3n) is 2.51. The van der Waals surface area contributed by atoms with E-state index in [9.17, 15) is 0 Å². The molecule has 2 unspecified atom stereocenters. The molecule has 2 atom stereocenters. The molecule has 1 aliphatic rings. The molecule has 1 aliphatic heterocycles. The maximum absolute atomic E-state index is 3.63.